The Morgan fingerprint density at radius 3 is 2.36 bits per heavy atom. The molecule has 0 atom stereocenters. The maximum Gasteiger partial charge on any atom is 0.180 e. The Morgan fingerprint density at radius 1 is 1.36 bits per heavy atom. The number of hydrogen-bond donors (Lipinski definition) is 1. The molecule has 1 aromatic rings. The second-order valence-corrected chi connectivity index (χ2v) is 3.10. The van der Waals surface area contributed by atoms with Gasteiger partial charge in [0, 0.05) is 17.7 Å². The van der Waals surface area contributed by atoms with Crippen molar-refractivity contribution in [2.75, 3.05) is 0 Å². The lowest BCUT2D eigenvalue weighted by Gasteiger charge is -2.06. The van der Waals surface area contributed by atoms with Crippen molar-refractivity contribution in [3.05, 3.63) is 35.3 Å². The fraction of sp³-hybridized carbons (Fsp3) is 0.375. The van der Waals surface area contributed by atoms with E-state index in [2.05, 4.69) is 0 Å². The van der Waals surface area contributed by atoms with Gasteiger partial charge < -0.3 is 10.9 Å². The summed E-state index contributed by atoms with van der Waals surface area (Å²) < 4.78 is 0.773. The van der Waals surface area contributed by atoms with Gasteiger partial charge in [0.1, 0.15) is 0 Å². The fourth-order valence-corrected chi connectivity index (χ4v) is 1.17. The molecule has 0 spiro atoms. The third kappa shape index (κ3) is 1.07. The predicted octanol–water partition coefficient (Wildman–Crippen LogP) is 0.268. The van der Waals surface area contributed by atoms with Gasteiger partial charge >= 0.3 is 0 Å². The Morgan fingerprint density at radius 2 is 1.91 bits per heavy atom. The smallest absolute Gasteiger partial charge is 0.180 e. The molecular formula is C8H10N2O. The van der Waals surface area contributed by atoms with Gasteiger partial charge in [-0.3, -0.25) is 0 Å². The average Bonchev–Trinajstić information content (AvgIpc) is 2.70. The third-order valence-electron chi connectivity index (χ3n) is 2.17. The third-order valence-corrected chi connectivity index (χ3v) is 2.17. The van der Waals surface area contributed by atoms with Crippen molar-refractivity contribution in [3.8, 4) is 0 Å². The van der Waals surface area contributed by atoms with E-state index < -0.39 is 0 Å². The van der Waals surface area contributed by atoms with Gasteiger partial charge in [-0.1, -0.05) is 0 Å². The average molecular weight is 150 g/mol. The predicted molar refractivity (Wildman–Crippen MR) is 40.5 cm³/mol. The molecule has 1 aliphatic carbocycles. The van der Waals surface area contributed by atoms with Crippen molar-refractivity contribution in [2.45, 2.75) is 18.4 Å². The lowest BCUT2D eigenvalue weighted by atomic mass is 10.1. The van der Waals surface area contributed by atoms with Gasteiger partial charge in [-0.05, 0) is 18.4 Å². The summed E-state index contributed by atoms with van der Waals surface area (Å²) >= 11 is 0. The van der Waals surface area contributed by atoms with Crippen molar-refractivity contribution in [2.24, 2.45) is 5.73 Å². The number of nitrogens with zero attached hydrogens (tertiary/aromatic N) is 1. The van der Waals surface area contributed by atoms with Gasteiger partial charge in [0.2, 0.25) is 0 Å². The molecule has 0 amide bonds. The first-order chi connectivity index (χ1) is 5.21. The minimum atomic E-state index is -0.117. The Kier molecular flexibility index (Phi) is 1.17. The topological polar surface area (TPSA) is 53.0 Å². The molecule has 1 aromatic heterocycles. The van der Waals surface area contributed by atoms with Crippen LogP contribution >= 0.6 is 0 Å². The second-order valence-electron chi connectivity index (χ2n) is 3.10. The first kappa shape index (κ1) is 6.61. The zero-order chi connectivity index (χ0) is 7.90. The zero-order valence-electron chi connectivity index (χ0n) is 6.16. The Hall–Kier alpha value is -1.09. The lowest BCUT2D eigenvalue weighted by Crippen LogP contribution is -2.26. The molecule has 0 saturated heterocycles. The van der Waals surface area contributed by atoms with E-state index in [-0.39, 0.29) is 5.54 Å². The summed E-state index contributed by atoms with van der Waals surface area (Å²) in [6.07, 6.45) is 5.05. The molecule has 0 radical (unpaired) electrons. The molecule has 0 bridgehead atoms. The molecule has 3 heteroatoms. The van der Waals surface area contributed by atoms with Crippen molar-refractivity contribution >= 4 is 0 Å². The summed E-state index contributed by atoms with van der Waals surface area (Å²) in [5.74, 6) is 0. The maximum absolute atomic E-state index is 10.6. The molecule has 2 N–H and O–H groups in total. The van der Waals surface area contributed by atoms with Crippen LogP contribution in [0.2, 0.25) is 0 Å². The molecular weight excluding hydrogens is 140 g/mol. The molecule has 1 heterocycles. The van der Waals surface area contributed by atoms with E-state index in [4.69, 9.17) is 5.73 Å². The standard InChI is InChI=1S/C8H10N2O/c9-8(3-4-8)7-1-5-10(11)6-2-7/h1-2,5-6H,3-4,9H2. The van der Waals surface area contributed by atoms with E-state index in [0.29, 0.717) is 0 Å². The van der Waals surface area contributed by atoms with E-state index in [0.717, 1.165) is 23.1 Å². The van der Waals surface area contributed by atoms with E-state index in [1.807, 2.05) is 0 Å². The van der Waals surface area contributed by atoms with Gasteiger partial charge in [-0.25, -0.2) is 0 Å². The molecule has 2 rings (SSSR count). The van der Waals surface area contributed by atoms with Gasteiger partial charge in [0.05, 0.1) is 0 Å². The second kappa shape index (κ2) is 1.95. The molecule has 1 fully saturated rings. The molecule has 11 heavy (non-hydrogen) atoms. The van der Waals surface area contributed by atoms with Gasteiger partial charge in [0.25, 0.3) is 0 Å². The minimum absolute atomic E-state index is 0.117. The van der Waals surface area contributed by atoms with Crippen molar-refractivity contribution < 1.29 is 4.73 Å². The lowest BCUT2D eigenvalue weighted by molar-refractivity contribution is -0.605. The van der Waals surface area contributed by atoms with Gasteiger partial charge in [-0.2, -0.15) is 4.73 Å². The number of hydrogen-bond acceptors (Lipinski definition) is 2. The molecule has 1 aliphatic rings. The van der Waals surface area contributed by atoms with E-state index in [1.54, 1.807) is 12.1 Å². The quantitative estimate of drug-likeness (QED) is 0.461. The van der Waals surface area contributed by atoms with E-state index in [9.17, 15) is 5.21 Å². The molecule has 0 aromatic carbocycles. The maximum atomic E-state index is 10.6. The van der Waals surface area contributed by atoms with Crippen LogP contribution in [0.5, 0.6) is 0 Å². The molecule has 3 nitrogen and oxygen atoms in total. The normalized spacial score (nSPS) is 19.7. The Balaban J connectivity index is 2.33. The summed E-state index contributed by atoms with van der Waals surface area (Å²) in [7, 11) is 0. The number of pyridine rings is 1. The van der Waals surface area contributed by atoms with Crippen LogP contribution in [0.25, 0.3) is 0 Å². The van der Waals surface area contributed by atoms with Crippen LogP contribution in [0.1, 0.15) is 18.4 Å². The van der Waals surface area contributed by atoms with Crippen LogP contribution in [-0.2, 0) is 5.54 Å². The summed E-state index contributed by atoms with van der Waals surface area (Å²) in [4.78, 5) is 0. The highest BCUT2D eigenvalue weighted by molar-refractivity contribution is 5.25. The largest absolute Gasteiger partial charge is 0.619 e. The van der Waals surface area contributed by atoms with Crippen LogP contribution in [0.4, 0.5) is 0 Å². The van der Waals surface area contributed by atoms with Crippen molar-refractivity contribution in [1.29, 1.82) is 0 Å². The fourth-order valence-electron chi connectivity index (χ4n) is 1.17. The highest BCUT2D eigenvalue weighted by atomic mass is 16.5. The van der Waals surface area contributed by atoms with E-state index in [1.165, 1.54) is 12.4 Å². The van der Waals surface area contributed by atoms with Crippen LogP contribution in [0.3, 0.4) is 0 Å². The number of aromatic nitrogens is 1. The van der Waals surface area contributed by atoms with Crippen LogP contribution in [0, 0.1) is 5.21 Å². The van der Waals surface area contributed by atoms with E-state index >= 15 is 0 Å². The molecule has 1 saturated carbocycles. The molecule has 58 valence electrons. The first-order valence-electron chi connectivity index (χ1n) is 3.69. The van der Waals surface area contributed by atoms with Gasteiger partial charge in [0.15, 0.2) is 12.4 Å². The molecule has 0 aliphatic heterocycles. The zero-order valence-corrected chi connectivity index (χ0v) is 6.16. The number of nitrogens with two attached hydrogens (primary N) is 1. The summed E-state index contributed by atoms with van der Waals surface area (Å²) in [6.45, 7) is 0. The highest BCUT2D eigenvalue weighted by Gasteiger charge is 2.40. The molecule has 0 unspecified atom stereocenters. The van der Waals surface area contributed by atoms with Crippen molar-refractivity contribution in [3.63, 3.8) is 0 Å². The first-order valence-corrected chi connectivity index (χ1v) is 3.69. The Labute approximate surface area is 65.0 Å². The minimum Gasteiger partial charge on any atom is -0.619 e. The van der Waals surface area contributed by atoms with Crippen LogP contribution < -0.4 is 10.5 Å². The van der Waals surface area contributed by atoms with Crippen LogP contribution in [-0.4, -0.2) is 0 Å². The monoisotopic (exact) mass is 150 g/mol. The summed E-state index contributed by atoms with van der Waals surface area (Å²) in [5.41, 5.74) is 6.86. The van der Waals surface area contributed by atoms with Crippen molar-refractivity contribution in [1.82, 2.24) is 0 Å². The van der Waals surface area contributed by atoms with Gasteiger partial charge in [-0.15, -0.1) is 0 Å². The summed E-state index contributed by atoms with van der Waals surface area (Å²) in [6, 6.07) is 3.58. The highest BCUT2D eigenvalue weighted by Crippen LogP contribution is 2.41. The number of rotatable bonds is 1. The van der Waals surface area contributed by atoms with Crippen LogP contribution in [0.15, 0.2) is 24.5 Å². The Bertz CT molecular complexity index is 264. The SMILES string of the molecule is NC1(c2cc[n+]([O-])cc2)CC1. The summed E-state index contributed by atoms with van der Waals surface area (Å²) in [5, 5.41) is 10.6.